The number of esters is 1. The summed E-state index contributed by atoms with van der Waals surface area (Å²) in [5.41, 5.74) is -0.871. The predicted octanol–water partition coefficient (Wildman–Crippen LogP) is 2.50. The van der Waals surface area contributed by atoms with Gasteiger partial charge in [0.2, 0.25) is 0 Å². The second kappa shape index (κ2) is 6.41. The number of aliphatic carboxylic acids is 1. The third-order valence-corrected chi connectivity index (χ3v) is 2.92. The number of carboxylic acids is 1. The summed E-state index contributed by atoms with van der Waals surface area (Å²) in [6.07, 6.45) is 3.22. The third kappa shape index (κ3) is 3.59. The van der Waals surface area contributed by atoms with Crippen molar-refractivity contribution in [3.05, 3.63) is 24.2 Å². The van der Waals surface area contributed by atoms with E-state index in [0.29, 0.717) is 5.56 Å². The van der Waals surface area contributed by atoms with Crippen molar-refractivity contribution in [2.24, 2.45) is 11.3 Å². The van der Waals surface area contributed by atoms with Gasteiger partial charge in [-0.2, -0.15) is 0 Å². The lowest BCUT2D eigenvalue weighted by Gasteiger charge is -2.28. The molecule has 19 heavy (non-hydrogen) atoms. The number of hydrogen-bond donors (Lipinski definition) is 1. The molecule has 0 radical (unpaired) electrons. The van der Waals surface area contributed by atoms with Crippen LogP contribution in [0.5, 0.6) is 0 Å². The van der Waals surface area contributed by atoms with Crippen molar-refractivity contribution in [1.29, 1.82) is 0 Å². The molecule has 0 aliphatic heterocycles. The molecule has 5 heteroatoms. The number of carboxylic acid groups (broad SMARTS) is 1. The average molecular weight is 268 g/mol. The molecule has 0 fully saturated rings. The number of hydrogen-bond acceptors (Lipinski definition) is 4. The molecule has 0 bridgehead atoms. The van der Waals surface area contributed by atoms with Crippen molar-refractivity contribution in [3.8, 4) is 0 Å². The Morgan fingerprint density at radius 2 is 2.16 bits per heavy atom. The normalized spacial score (nSPS) is 14.1. The van der Waals surface area contributed by atoms with Gasteiger partial charge in [0.05, 0.1) is 19.1 Å². The molecule has 0 aliphatic rings. The molecule has 106 valence electrons. The fourth-order valence-corrected chi connectivity index (χ4v) is 2.19. The van der Waals surface area contributed by atoms with Crippen LogP contribution in [0.3, 0.4) is 0 Å². The first-order chi connectivity index (χ1) is 8.92. The van der Waals surface area contributed by atoms with Crippen LogP contribution in [0.25, 0.3) is 0 Å². The molecule has 1 unspecified atom stereocenters. The SMILES string of the molecule is CCOC(=O)C(Cc1ccoc1)(CC(C)C)C(=O)O. The van der Waals surface area contributed by atoms with Gasteiger partial charge in [-0.25, -0.2) is 0 Å². The first kappa shape index (κ1) is 15.3. The van der Waals surface area contributed by atoms with Crippen LogP contribution in [0.1, 0.15) is 32.8 Å². The molecule has 0 amide bonds. The van der Waals surface area contributed by atoms with Crippen molar-refractivity contribution < 1.29 is 23.8 Å². The van der Waals surface area contributed by atoms with Gasteiger partial charge in [0.25, 0.3) is 0 Å². The van der Waals surface area contributed by atoms with E-state index >= 15 is 0 Å². The van der Waals surface area contributed by atoms with E-state index in [2.05, 4.69) is 0 Å². The Balaban J connectivity index is 3.10. The maximum Gasteiger partial charge on any atom is 0.323 e. The van der Waals surface area contributed by atoms with Crippen molar-refractivity contribution in [2.75, 3.05) is 6.61 Å². The van der Waals surface area contributed by atoms with E-state index in [1.807, 2.05) is 13.8 Å². The van der Waals surface area contributed by atoms with Crippen LogP contribution in [0, 0.1) is 11.3 Å². The molecular formula is C14H20O5. The molecule has 0 aromatic carbocycles. The van der Waals surface area contributed by atoms with E-state index in [0.717, 1.165) is 0 Å². The Kier molecular flexibility index (Phi) is 5.15. The van der Waals surface area contributed by atoms with Gasteiger partial charge < -0.3 is 14.3 Å². The number of furan rings is 1. The second-order valence-electron chi connectivity index (χ2n) is 5.01. The van der Waals surface area contributed by atoms with Crippen molar-refractivity contribution in [2.45, 2.75) is 33.6 Å². The molecule has 1 N–H and O–H groups in total. The van der Waals surface area contributed by atoms with Crippen LogP contribution in [0.2, 0.25) is 0 Å². The van der Waals surface area contributed by atoms with Crippen molar-refractivity contribution >= 4 is 11.9 Å². The van der Waals surface area contributed by atoms with Gasteiger partial charge in [-0.15, -0.1) is 0 Å². The quantitative estimate of drug-likeness (QED) is 0.607. The van der Waals surface area contributed by atoms with Crippen LogP contribution < -0.4 is 0 Å². The summed E-state index contributed by atoms with van der Waals surface area (Å²) >= 11 is 0. The highest BCUT2D eigenvalue weighted by Gasteiger charge is 2.48. The fraction of sp³-hybridized carbons (Fsp3) is 0.571. The largest absolute Gasteiger partial charge is 0.480 e. The van der Waals surface area contributed by atoms with Gasteiger partial charge in [0, 0.05) is 6.42 Å². The first-order valence-corrected chi connectivity index (χ1v) is 6.34. The summed E-state index contributed by atoms with van der Waals surface area (Å²) in [5.74, 6) is -1.77. The average Bonchev–Trinajstić information content (AvgIpc) is 2.80. The summed E-state index contributed by atoms with van der Waals surface area (Å²) in [4.78, 5) is 23.8. The Morgan fingerprint density at radius 3 is 2.58 bits per heavy atom. The van der Waals surface area contributed by atoms with Gasteiger partial charge in [-0.3, -0.25) is 9.59 Å². The monoisotopic (exact) mass is 268 g/mol. The molecular weight excluding hydrogens is 248 g/mol. The highest BCUT2D eigenvalue weighted by molar-refractivity contribution is 5.99. The summed E-state index contributed by atoms with van der Waals surface area (Å²) in [5, 5.41) is 9.54. The highest BCUT2D eigenvalue weighted by Crippen LogP contribution is 2.33. The molecule has 0 aliphatic carbocycles. The first-order valence-electron chi connectivity index (χ1n) is 6.34. The summed E-state index contributed by atoms with van der Waals surface area (Å²) < 4.78 is 9.91. The number of carbonyl (C=O) groups is 2. The molecule has 1 rings (SSSR count). The number of ether oxygens (including phenoxy) is 1. The number of carbonyl (C=O) groups excluding carboxylic acids is 1. The van der Waals surface area contributed by atoms with E-state index in [-0.39, 0.29) is 25.4 Å². The van der Waals surface area contributed by atoms with Crippen LogP contribution >= 0.6 is 0 Å². The molecule has 1 atom stereocenters. The smallest absolute Gasteiger partial charge is 0.323 e. The van der Waals surface area contributed by atoms with Gasteiger partial charge in [0.1, 0.15) is 0 Å². The maximum atomic E-state index is 12.1. The van der Waals surface area contributed by atoms with E-state index in [1.165, 1.54) is 12.5 Å². The molecule has 0 saturated heterocycles. The zero-order chi connectivity index (χ0) is 14.5. The summed E-state index contributed by atoms with van der Waals surface area (Å²) in [6, 6.07) is 1.66. The van der Waals surface area contributed by atoms with E-state index in [4.69, 9.17) is 9.15 Å². The van der Waals surface area contributed by atoms with Crippen LogP contribution in [0.15, 0.2) is 23.0 Å². The minimum absolute atomic E-state index is 0.0624. The third-order valence-electron chi connectivity index (χ3n) is 2.92. The lowest BCUT2D eigenvalue weighted by molar-refractivity contribution is -0.170. The number of rotatable bonds is 7. The highest BCUT2D eigenvalue weighted by atomic mass is 16.5. The van der Waals surface area contributed by atoms with Crippen molar-refractivity contribution in [1.82, 2.24) is 0 Å². The van der Waals surface area contributed by atoms with Gasteiger partial charge in [0.15, 0.2) is 5.41 Å². The summed E-state index contributed by atoms with van der Waals surface area (Å²) in [7, 11) is 0. The van der Waals surface area contributed by atoms with Crippen LogP contribution in [0.4, 0.5) is 0 Å². The minimum Gasteiger partial charge on any atom is -0.480 e. The van der Waals surface area contributed by atoms with E-state index in [9.17, 15) is 14.7 Å². The molecule has 0 saturated carbocycles. The minimum atomic E-state index is -1.55. The Bertz CT molecular complexity index is 421. The second-order valence-corrected chi connectivity index (χ2v) is 5.01. The van der Waals surface area contributed by atoms with E-state index in [1.54, 1.807) is 13.0 Å². The standard InChI is InChI=1S/C14H20O5/c1-4-19-13(17)14(12(15)16,7-10(2)3)8-11-5-6-18-9-11/h5-6,9-10H,4,7-8H2,1-3H3,(H,15,16). The van der Waals surface area contributed by atoms with Crippen molar-refractivity contribution in [3.63, 3.8) is 0 Å². The Morgan fingerprint density at radius 1 is 1.47 bits per heavy atom. The maximum absolute atomic E-state index is 12.1. The molecule has 0 spiro atoms. The Labute approximate surface area is 112 Å². The zero-order valence-corrected chi connectivity index (χ0v) is 11.5. The zero-order valence-electron chi connectivity index (χ0n) is 11.5. The topological polar surface area (TPSA) is 76.7 Å². The van der Waals surface area contributed by atoms with Crippen LogP contribution in [-0.4, -0.2) is 23.7 Å². The molecule has 5 nitrogen and oxygen atoms in total. The molecule has 1 aromatic rings. The van der Waals surface area contributed by atoms with Gasteiger partial charge >= 0.3 is 11.9 Å². The fourth-order valence-electron chi connectivity index (χ4n) is 2.19. The van der Waals surface area contributed by atoms with Gasteiger partial charge in [-0.1, -0.05) is 13.8 Å². The van der Waals surface area contributed by atoms with Crippen LogP contribution in [-0.2, 0) is 20.7 Å². The molecule has 1 heterocycles. The lowest BCUT2D eigenvalue weighted by atomic mass is 9.75. The summed E-state index contributed by atoms with van der Waals surface area (Å²) in [6.45, 7) is 5.59. The predicted molar refractivity (Wildman–Crippen MR) is 68.6 cm³/mol. The lowest BCUT2D eigenvalue weighted by Crippen LogP contribution is -2.43. The Hall–Kier alpha value is -1.78. The van der Waals surface area contributed by atoms with E-state index < -0.39 is 17.4 Å². The van der Waals surface area contributed by atoms with Gasteiger partial charge in [-0.05, 0) is 30.9 Å². The molecule has 1 aromatic heterocycles.